The van der Waals surface area contributed by atoms with E-state index in [0.29, 0.717) is 0 Å². The van der Waals surface area contributed by atoms with Gasteiger partial charge in [0.2, 0.25) is 0 Å². The number of amides is 4. The van der Waals surface area contributed by atoms with Crippen LogP contribution in [-0.2, 0) is 9.59 Å². The lowest BCUT2D eigenvalue weighted by atomic mass is 10.1. The largest absolute Gasteiger partial charge is 0.354 e. The first-order valence-electron chi connectivity index (χ1n) is 7.77. The number of rotatable bonds is 8. The zero-order valence-corrected chi connectivity index (χ0v) is 15.9. The van der Waals surface area contributed by atoms with Crippen LogP contribution in [0, 0.1) is 0 Å². The molecule has 5 nitrogen and oxygen atoms in total. The minimum Gasteiger partial charge on any atom is -0.262 e. The summed E-state index contributed by atoms with van der Waals surface area (Å²) in [5.74, 6) is -1.46. The van der Waals surface area contributed by atoms with E-state index in [-0.39, 0.29) is 9.49 Å². The van der Waals surface area contributed by atoms with E-state index in [4.69, 9.17) is 0 Å². The van der Waals surface area contributed by atoms with Crippen LogP contribution in [-0.4, -0.2) is 35.9 Å². The van der Waals surface area contributed by atoms with Gasteiger partial charge >= 0.3 is 17.8 Å². The Morgan fingerprint density at radius 2 is 1.00 bits per heavy atom. The number of urea groups is 1. The van der Waals surface area contributed by atoms with Gasteiger partial charge in [0, 0.05) is 9.49 Å². The van der Waals surface area contributed by atoms with E-state index < -0.39 is 17.8 Å². The van der Waals surface area contributed by atoms with Crippen LogP contribution in [0.5, 0.6) is 0 Å². The van der Waals surface area contributed by atoms with Crippen molar-refractivity contribution in [1.82, 2.24) is 8.61 Å². The SMILES string of the molecule is CCC(C)(CC)SN1C(=O)C(=O)N(SC(C)(CC)CC)C1=O. The smallest absolute Gasteiger partial charge is 0.262 e. The summed E-state index contributed by atoms with van der Waals surface area (Å²) in [6, 6.07) is -0.522. The second-order valence-corrected chi connectivity index (χ2v) is 9.04. The molecule has 0 radical (unpaired) electrons. The molecule has 0 bridgehead atoms. The summed E-state index contributed by atoms with van der Waals surface area (Å²) in [4.78, 5) is 36.9. The van der Waals surface area contributed by atoms with Gasteiger partial charge in [0.25, 0.3) is 0 Å². The van der Waals surface area contributed by atoms with E-state index in [9.17, 15) is 14.4 Å². The predicted molar refractivity (Wildman–Crippen MR) is 92.2 cm³/mol. The Labute approximate surface area is 141 Å². The summed E-state index contributed by atoms with van der Waals surface area (Å²) in [6.07, 6.45) is 3.25. The van der Waals surface area contributed by atoms with E-state index in [0.717, 1.165) is 34.3 Å². The molecule has 126 valence electrons. The Bertz CT molecular complexity index is 420. The molecule has 22 heavy (non-hydrogen) atoms. The van der Waals surface area contributed by atoms with Gasteiger partial charge in [-0.3, -0.25) is 9.59 Å². The fraction of sp³-hybridized carbons (Fsp3) is 0.800. The van der Waals surface area contributed by atoms with Crippen molar-refractivity contribution in [2.75, 3.05) is 0 Å². The van der Waals surface area contributed by atoms with E-state index in [1.807, 2.05) is 41.5 Å². The van der Waals surface area contributed by atoms with Crippen molar-refractivity contribution < 1.29 is 14.4 Å². The molecular formula is C15H26N2O3S2. The van der Waals surface area contributed by atoms with Crippen LogP contribution in [0.3, 0.4) is 0 Å². The Balaban J connectivity index is 2.96. The number of hydrogen-bond donors (Lipinski definition) is 0. The molecule has 0 aromatic rings. The minimum atomic E-state index is -0.731. The van der Waals surface area contributed by atoms with Crippen molar-refractivity contribution >= 4 is 41.7 Å². The summed E-state index contributed by atoms with van der Waals surface area (Å²) < 4.78 is 1.61. The highest BCUT2D eigenvalue weighted by Crippen LogP contribution is 2.42. The monoisotopic (exact) mass is 346 g/mol. The molecule has 0 saturated carbocycles. The maximum atomic E-state index is 12.5. The van der Waals surface area contributed by atoms with Gasteiger partial charge in [0.15, 0.2) is 0 Å². The average Bonchev–Trinajstić information content (AvgIpc) is 2.72. The highest BCUT2D eigenvalue weighted by atomic mass is 32.2. The van der Waals surface area contributed by atoms with Crippen LogP contribution in [0.1, 0.15) is 67.2 Å². The Morgan fingerprint density at radius 1 is 0.727 bits per heavy atom. The number of hydrogen-bond acceptors (Lipinski definition) is 5. The Hall–Kier alpha value is -0.690. The van der Waals surface area contributed by atoms with Crippen LogP contribution in [0.2, 0.25) is 0 Å². The van der Waals surface area contributed by atoms with Crippen molar-refractivity contribution in [3.63, 3.8) is 0 Å². The minimum absolute atomic E-state index is 0.231. The third-order valence-corrected chi connectivity index (χ3v) is 7.56. The van der Waals surface area contributed by atoms with Crippen molar-refractivity contribution in [1.29, 1.82) is 0 Å². The van der Waals surface area contributed by atoms with Crippen LogP contribution in [0.25, 0.3) is 0 Å². The van der Waals surface area contributed by atoms with Crippen LogP contribution in [0.4, 0.5) is 4.79 Å². The molecule has 1 fully saturated rings. The molecule has 7 heteroatoms. The van der Waals surface area contributed by atoms with Crippen molar-refractivity contribution in [3.8, 4) is 0 Å². The molecule has 0 N–H and O–H groups in total. The van der Waals surface area contributed by atoms with E-state index in [2.05, 4.69) is 0 Å². The molecule has 0 aromatic carbocycles. The first-order valence-corrected chi connectivity index (χ1v) is 9.32. The molecule has 0 atom stereocenters. The molecule has 1 saturated heterocycles. The molecule has 0 aliphatic carbocycles. The van der Waals surface area contributed by atoms with Crippen LogP contribution < -0.4 is 0 Å². The second kappa shape index (κ2) is 7.25. The first-order chi connectivity index (χ1) is 10.2. The van der Waals surface area contributed by atoms with Gasteiger partial charge in [-0.1, -0.05) is 27.7 Å². The summed E-state index contributed by atoms with van der Waals surface area (Å²) >= 11 is 2.36. The molecule has 1 rings (SSSR count). The van der Waals surface area contributed by atoms with Crippen molar-refractivity contribution in [2.45, 2.75) is 76.7 Å². The number of imide groups is 2. The molecule has 1 heterocycles. The van der Waals surface area contributed by atoms with Crippen molar-refractivity contribution in [3.05, 3.63) is 0 Å². The van der Waals surface area contributed by atoms with Crippen LogP contribution >= 0.6 is 23.9 Å². The highest BCUT2D eigenvalue weighted by Gasteiger charge is 2.49. The molecule has 1 aliphatic rings. The van der Waals surface area contributed by atoms with Gasteiger partial charge in [-0.15, -0.1) is 0 Å². The fourth-order valence-electron chi connectivity index (χ4n) is 1.79. The van der Waals surface area contributed by atoms with Gasteiger partial charge in [-0.25, -0.2) is 4.79 Å². The molecule has 1 aliphatic heterocycles. The summed E-state index contributed by atoms with van der Waals surface area (Å²) in [7, 11) is 0. The van der Waals surface area contributed by atoms with E-state index >= 15 is 0 Å². The number of carbonyl (C=O) groups is 3. The van der Waals surface area contributed by atoms with Gasteiger partial charge in [-0.2, -0.15) is 8.61 Å². The maximum absolute atomic E-state index is 12.5. The molecule has 0 aromatic heterocycles. The summed E-state index contributed by atoms with van der Waals surface area (Å²) in [5.41, 5.74) is 0. The van der Waals surface area contributed by atoms with Gasteiger partial charge in [0.1, 0.15) is 0 Å². The lowest BCUT2D eigenvalue weighted by Crippen LogP contribution is -2.33. The maximum Gasteiger partial charge on any atom is 0.354 e. The molecule has 4 amide bonds. The fourth-order valence-corrected chi connectivity index (χ4v) is 3.88. The third-order valence-electron chi connectivity index (χ3n) is 4.51. The van der Waals surface area contributed by atoms with Crippen LogP contribution in [0.15, 0.2) is 0 Å². The van der Waals surface area contributed by atoms with E-state index in [1.165, 1.54) is 23.9 Å². The first kappa shape index (κ1) is 19.4. The zero-order chi connectivity index (χ0) is 17.1. The van der Waals surface area contributed by atoms with Gasteiger partial charge in [-0.05, 0) is 63.4 Å². The normalized spacial score (nSPS) is 16.9. The molecule has 0 spiro atoms. The molecule has 0 unspecified atom stereocenters. The standard InChI is InChI=1S/C15H26N2O3S2/c1-7-14(5,8-2)21-16-11(18)12(19)17(13(16)20)22-15(6,9-3)10-4/h7-10H2,1-6H3. The van der Waals surface area contributed by atoms with Crippen molar-refractivity contribution in [2.24, 2.45) is 0 Å². The lowest BCUT2D eigenvalue weighted by molar-refractivity contribution is -0.139. The van der Waals surface area contributed by atoms with E-state index in [1.54, 1.807) is 0 Å². The lowest BCUT2D eigenvalue weighted by Gasteiger charge is -2.30. The van der Waals surface area contributed by atoms with Gasteiger partial charge < -0.3 is 0 Å². The quantitative estimate of drug-likeness (QED) is 0.374. The Kier molecular flexibility index (Phi) is 6.38. The Morgan fingerprint density at radius 3 is 1.23 bits per heavy atom. The van der Waals surface area contributed by atoms with Gasteiger partial charge in [0.05, 0.1) is 0 Å². The zero-order valence-electron chi connectivity index (χ0n) is 14.3. The highest BCUT2D eigenvalue weighted by molar-refractivity contribution is 8.01. The summed E-state index contributed by atoms with van der Waals surface area (Å²) in [5, 5.41) is 0. The molecular weight excluding hydrogens is 320 g/mol. The third kappa shape index (κ3) is 3.79. The predicted octanol–water partition coefficient (Wildman–Crippen LogP) is 4.23. The topological polar surface area (TPSA) is 57.7 Å². The second-order valence-electron chi connectivity index (χ2n) is 5.98. The number of carbonyl (C=O) groups excluding carboxylic acids is 3. The summed E-state index contributed by atoms with van der Waals surface area (Å²) in [6.45, 7) is 12.1. The average molecular weight is 347 g/mol. The number of nitrogens with zero attached hydrogens (tertiary/aromatic N) is 2.